The maximum Gasteiger partial charge on any atom is 0.220 e. The van der Waals surface area contributed by atoms with E-state index in [-0.39, 0.29) is 17.9 Å². The third-order valence-electron chi connectivity index (χ3n) is 2.30. The highest BCUT2D eigenvalue weighted by atomic mass is 16.5. The molecule has 0 aliphatic heterocycles. The first kappa shape index (κ1) is 14.4. The molecule has 0 rings (SSSR count). The number of aliphatic hydroxyl groups is 1. The van der Waals surface area contributed by atoms with Crippen molar-refractivity contribution >= 4 is 5.91 Å². The monoisotopic (exact) mass is 217 g/mol. The van der Waals surface area contributed by atoms with Gasteiger partial charge in [0.2, 0.25) is 5.91 Å². The highest BCUT2D eigenvalue weighted by molar-refractivity contribution is 5.75. The zero-order valence-electron chi connectivity index (χ0n) is 10.0. The van der Waals surface area contributed by atoms with E-state index in [0.717, 1.165) is 6.42 Å². The van der Waals surface area contributed by atoms with E-state index in [0.29, 0.717) is 26.0 Å². The molecule has 0 aromatic rings. The van der Waals surface area contributed by atoms with Crippen molar-refractivity contribution in [2.24, 2.45) is 5.41 Å². The Balaban J connectivity index is 3.60. The van der Waals surface area contributed by atoms with Crippen molar-refractivity contribution in [1.29, 1.82) is 0 Å². The third-order valence-corrected chi connectivity index (χ3v) is 2.30. The number of hydrogen-bond donors (Lipinski definition) is 2. The van der Waals surface area contributed by atoms with Crippen LogP contribution < -0.4 is 5.32 Å². The van der Waals surface area contributed by atoms with Crippen LogP contribution in [0.1, 0.15) is 33.1 Å². The zero-order valence-corrected chi connectivity index (χ0v) is 10.0. The summed E-state index contributed by atoms with van der Waals surface area (Å²) in [7, 11) is 1.63. The van der Waals surface area contributed by atoms with E-state index in [1.165, 1.54) is 0 Å². The lowest BCUT2D eigenvalue weighted by Gasteiger charge is -2.23. The highest BCUT2D eigenvalue weighted by Crippen LogP contribution is 2.17. The lowest BCUT2D eigenvalue weighted by atomic mass is 9.90. The van der Waals surface area contributed by atoms with Crippen LogP contribution in [-0.2, 0) is 9.53 Å². The Morgan fingerprint density at radius 3 is 2.67 bits per heavy atom. The van der Waals surface area contributed by atoms with Crippen LogP contribution in [0.3, 0.4) is 0 Å². The van der Waals surface area contributed by atoms with Gasteiger partial charge >= 0.3 is 0 Å². The molecule has 0 saturated heterocycles. The van der Waals surface area contributed by atoms with Gasteiger partial charge in [0.1, 0.15) is 0 Å². The van der Waals surface area contributed by atoms with Gasteiger partial charge in [-0.05, 0) is 18.3 Å². The molecule has 0 bridgehead atoms. The Labute approximate surface area is 92.0 Å². The fourth-order valence-electron chi connectivity index (χ4n) is 1.19. The Morgan fingerprint density at radius 2 is 2.13 bits per heavy atom. The van der Waals surface area contributed by atoms with Crippen LogP contribution in [0.5, 0.6) is 0 Å². The predicted octanol–water partition coefficient (Wildman–Crippen LogP) is 0.938. The van der Waals surface area contributed by atoms with Crippen molar-refractivity contribution in [3.63, 3.8) is 0 Å². The molecule has 2 N–H and O–H groups in total. The fraction of sp³-hybridized carbons (Fsp3) is 0.909. The maximum absolute atomic E-state index is 11.3. The Hall–Kier alpha value is -0.610. The van der Waals surface area contributed by atoms with E-state index in [1.54, 1.807) is 7.11 Å². The van der Waals surface area contributed by atoms with Crippen LogP contribution in [0.25, 0.3) is 0 Å². The summed E-state index contributed by atoms with van der Waals surface area (Å²) < 4.78 is 4.86. The topological polar surface area (TPSA) is 58.6 Å². The molecule has 0 atom stereocenters. The number of ether oxygens (including phenoxy) is 1. The fourth-order valence-corrected chi connectivity index (χ4v) is 1.19. The van der Waals surface area contributed by atoms with Crippen LogP contribution in [-0.4, -0.2) is 37.9 Å². The van der Waals surface area contributed by atoms with Gasteiger partial charge in [0.15, 0.2) is 0 Å². The number of carbonyl (C=O) groups excluding carboxylic acids is 1. The zero-order chi connectivity index (χ0) is 11.7. The smallest absolute Gasteiger partial charge is 0.220 e. The van der Waals surface area contributed by atoms with Crippen LogP contribution >= 0.6 is 0 Å². The molecule has 1 amide bonds. The van der Waals surface area contributed by atoms with Gasteiger partial charge in [0, 0.05) is 33.3 Å². The second kappa shape index (κ2) is 7.65. The summed E-state index contributed by atoms with van der Waals surface area (Å²) in [5, 5.41) is 11.7. The lowest BCUT2D eigenvalue weighted by molar-refractivity contribution is -0.121. The van der Waals surface area contributed by atoms with Crippen LogP contribution in [0.2, 0.25) is 0 Å². The van der Waals surface area contributed by atoms with Crippen LogP contribution in [0.4, 0.5) is 0 Å². The lowest BCUT2D eigenvalue weighted by Crippen LogP contribution is -2.34. The molecule has 0 saturated carbocycles. The van der Waals surface area contributed by atoms with Gasteiger partial charge in [-0.1, -0.05) is 13.8 Å². The first-order chi connectivity index (χ1) is 7.02. The predicted molar refractivity (Wildman–Crippen MR) is 59.6 cm³/mol. The molecule has 0 unspecified atom stereocenters. The first-order valence-electron chi connectivity index (χ1n) is 5.38. The molecule has 4 nitrogen and oxygen atoms in total. The van der Waals surface area contributed by atoms with Gasteiger partial charge in [-0.3, -0.25) is 4.79 Å². The number of nitrogens with one attached hydrogen (secondary N) is 1. The van der Waals surface area contributed by atoms with Gasteiger partial charge in [-0.2, -0.15) is 0 Å². The summed E-state index contributed by atoms with van der Waals surface area (Å²) in [4.78, 5) is 11.3. The minimum absolute atomic E-state index is 0.0360. The summed E-state index contributed by atoms with van der Waals surface area (Å²) in [6.07, 6.45) is 1.96. The second-order valence-electron chi connectivity index (χ2n) is 4.51. The molecule has 0 aromatic heterocycles. The van der Waals surface area contributed by atoms with Crippen LogP contribution in [0.15, 0.2) is 0 Å². The number of methoxy groups -OCH3 is 1. The minimum Gasteiger partial charge on any atom is -0.396 e. The molecule has 0 aliphatic rings. The van der Waals surface area contributed by atoms with Crippen molar-refractivity contribution in [3.05, 3.63) is 0 Å². The molecule has 90 valence electrons. The number of carbonyl (C=O) groups is 1. The molecule has 0 radical (unpaired) electrons. The molecular weight excluding hydrogens is 194 g/mol. The summed E-state index contributed by atoms with van der Waals surface area (Å²) >= 11 is 0. The molecule has 15 heavy (non-hydrogen) atoms. The highest BCUT2D eigenvalue weighted by Gasteiger charge is 2.17. The van der Waals surface area contributed by atoms with Gasteiger partial charge < -0.3 is 15.2 Å². The van der Waals surface area contributed by atoms with Gasteiger partial charge in [-0.15, -0.1) is 0 Å². The third kappa shape index (κ3) is 8.39. The maximum atomic E-state index is 11.3. The Morgan fingerprint density at radius 1 is 1.47 bits per heavy atom. The van der Waals surface area contributed by atoms with E-state index in [1.807, 2.05) is 13.8 Å². The van der Waals surface area contributed by atoms with Crippen molar-refractivity contribution < 1.29 is 14.6 Å². The first-order valence-corrected chi connectivity index (χ1v) is 5.38. The summed E-state index contributed by atoms with van der Waals surface area (Å²) in [6.45, 7) is 5.44. The quantitative estimate of drug-likeness (QED) is 0.595. The molecule has 4 heteroatoms. The molecule has 0 spiro atoms. The number of aliphatic hydroxyl groups excluding tert-OH is 1. The van der Waals surface area contributed by atoms with Crippen molar-refractivity contribution in [1.82, 2.24) is 5.32 Å². The van der Waals surface area contributed by atoms with Gasteiger partial charge in [0.05, 0.1) is 0 Å². The molecule has 0 aromatic carbocycles. The summed E-state index contributed by atoms with van der Waals surface area (Å²) in [6, 6.07) is 0. The summed E-state index contributed by atoms with van der Waals surface area (Å²) in [5.74, 6) is 0.0538. The second-order valence-corrected chi connectivity index (χ2v) is 4.51. The van der Waals surface area contributed by atoms with E-state index in [4.69, 9.17) is 9.84 Å². The minimum atomic E-state index is -0.0360. The number of amides is 1. The van der Waals surface area contributed by atoms with Crippen molar-refractivity contribution in [3.8, 4) is 0 Å². The average Bonchev–Trinajstić information content (AvgIpc) is 2.15. The van der Waals surface area contributed by atoms with Gasteiger partial charge in [-0.25, -0.2) is 0 Å². The van der Waals surface area contributed by atoms with E-state index >= 15 is 0 Å². The largest absolute Gasteiger partial charge is 0.396 e. The van der Waals surface area contributed by atoms with Crippen molar-refractivity contribution in [2.75, 3.05) is 26.9 Å². The van der Waals surface area contributed by atoms with Crippen molar-refractivity contribution in [2.45, 2.75) is 33.1 Å². The molecular formula is C11H23NO3. The average molecular weight is 217 g/mol. The Kier molecular flexibility index (Phi) is 7.34. The van der Waals surface area contributed by atoms with E-state index in [2.05, 4.69) is 5.32 Å². The standard InChI is InChI=1S/C11H23NO3/c1-11(2,6-7-13)9-12-10(14)5-4-8-15-3/h13H,4-9H2,1-3H3,(H,12,14). The SMILES string of the molecule is COCCCC(=O)NCC(C)(C)CCO. The number of rotatable bonds is 8. The van der Waals surface area contributed by atoms with Crippen LogP contribution in [0, 0.1) is 5.41 Å². The summed E-state index contributed by atoms with van der Waals surface area (Å²) in [5.41, 5.74) is -0.0360. The van der Waals surface area contributed by atoms with E-state index in [9.17, 15) is 4.79 Å². The molecule has 0 fully saturated rings. The van der Waals surface area contributed by atoms with Gasteiger partial charge in [0.25, 0.3) is 0 Å². The van der Waals surface area contributed by atoms with E-state index < -0.39 is 0 Å². The molecule has 0 aliphatic carbocycles. The normalized spacial score (nSPS) is 11.5. The number of hydrogen-bond acceptors (Lipinski definition) is 3. The Bertz CT molecular complexity index is 181. The molecule has 0 heterocycles.